The van der Waals surface area contributed by atoms with Crippen molar-refractivity contribution < 1.29 is 4.39 Å². The molecule has 2 N–H and O–H groups in total. The van der Waals surface area contributed by atoms with E-state index < -0.39 is 0 Å². The minimum atomic E-state index is -0.222. The second-order valence-electron chi connectivity index (χ2n) is 4.61. The summed E-state index contributed by atoms with van der Waals surface area (Å²) < 4.78 is 14.1. The molecule has 1 aliphatic rings. The molecule has 1 aromatic carbocycles. The van der Waals surface area contributed by atoms with Gasteiger partial charge in [0.05, 0.1) is 4.47 Å². The monoisotopic (exact) mass is 332 g/mol. The van der Waals surface area contributed by atoms with Gasteiger partial charge in [-0.2, -0.15) is 11.8 Å². The molecule has 1 aliphatic heterocycles. The van der Waals surface area contributed by atoms with Crippen molar-refractivity contribution in [2.24, 2.45) is 5.73 Å². The van der Waals surface area contributed by atoms with E-state index in [2.05, 4.69) is 27.9 Å². The molecule has 0 bridgehead atoms. The zero-order valence-electron chi connectivity index (χ0n) is 10.4. The van der Waals surface area contributed by atoms with E-state index in [-0.39, 0.29) is 11.9 Å². The third kappa shape index (κ3) is 3.07. The van der Waals surface area contributed by atoms with Gasteiger partial charge in [0.1, 0.15) is 5.82 Å². The first-order valence-corrected chi connectivity index (χ1v) is 8.03. The van der Waals surface area contributed by atoms with Gasteiger partial charge in [0.2, 0.25) is 0 Å². The molecule has 0 amide bonds. The Morgan fingerprint density at radius 2 is 2.39 bits per heavy atom. The normalized spacial score (nSPS) is 21.5. The van der Waals surface area contributed by atoms with Gasteiger partial charge in [0.15, 0.2) is 0 Å². The van der Waals surface area contributed by atoms with E-state index in [0.29, 0.717) is 17.1 Å². The van der Waals surface area contributed by atoms with E-state index in [1.807, 2.05) is 17.8 Å². The number of likely N-dealkylation sites (N-methyl/N-ethyl adjacent to an activating group) is 1. The van der Waals surface area contributed by atoms with E-state index in [0.717, 1.165) is 11.3 Å². The van der Waals surface area contributed by atoms with Crippen LogP contribution in [0.1, 0.15) is 18.0 Å². The van der Waals surface area contributed by atoms with Crippen LogP contribution in [0.2, 0.25) is 0 Å². The molecule has 1 fully saturated rings. The highest BCUT2D eigenvalue weighted by Gasteiger charge is 2.26. The topological polar surface area (TPSA) is 29.3 Å². The number of hydrogen-bond donors (Lipinski definition) is 1. The Balaban J connectivity index is 2.18. The van der Waals surface area contributed by atoms with Gasteiger partial charge < -0.3 is 5.73 Å². The third-order valence-electron chi connectivity index (χ3n) is 3.52. The lowest BCUT2D eigenvalue weighted by Gasteiger charge is -2.32. The fourth-order valence-electron chi connectivity index (χ4n) is 2.35. The molecule has 2 rings (SSSR count). The maximum absolute atomic E-state index is 13.6. The number of halogens is 2. The SMILES string of the molecule is CN(C1CCSC1)C(CN)c1ccc(Br)c(F)c1. The highest BCUT2D eigenvalue weighted by molar-refractivity contribution is 9.10. The van der Waals surface area contributed by atoms with E-state index in [4.69, 9.17) is 5.73 Å². The van der Waals surface area contributed by atoms with Crippen LogP contribution in [0.3, 0.4) is 0 Å². The molecule has 0 saturated carbocycles. The molecule has 5 heteroatoms. The van der Waals surface area contributed by atoms with Crippen molar-refractivity contribution in [1.82, 2.24) is 4.90 Å². The lowest BCUT2D eigenvalue weighted by molar-refractivity contribution is 0.192. The lowest BCUT2D eigenvalue weighted by Crippen LogP contribution is -2.38. The first-order valence-electron chi connectivity index (χ1n) is 6.08. The summed E-state index contributed by atoms with van der Waals surface area (Å²) in [5.41, 5.74) is 6.83. The van der Waals surface area contributed by atoms with Crippen LogP contribution in [-0.2, 0) is 0 Å². The van der Waals surface area contributed by atoms with Crippen molar-refractivity contribution in [3.05, 3.63) is 34.1 Å². The number of nitrogens with two attached hydrogens (primary N) is 1. The molecule has 0 spiro atoms. The van der Waals surface area contributed by atoms with Gasteiger partial charge in [-0.15, -0.1) is 0 Å². The summed E-state index contributed by atoms with van der Waals surface area (Å²) in [5.74, 6) is 2.13. The molecule has 1 aromatic rings. The molecular formula is C13H18BrFN2S. The molecule has 100 valence electrons. The highest BCUT2D eigenvalue weighted by atomic mass is 79.9. The number of hydrogen-bond acceptors (Lipinski definition) is 3. The average Bonchev–Trinajstić information content (AvgIpc) is 2.88. The van der Waals surface area contributed by atoms with Crippen LogP contribution in [0, 0.1) is 5.82 Å². The van der Waals surface area contributed by atoms with E-state index in [1.165, 1.54) is 12.2 Å². The summed E-state index contributed by atoms with van der Waals surface area (Å²) in [5, 5.41) is 0. The first-order chi connectivity index (χ1) is 8.63. The molecule has 0 aliphatic carbocycles. The Morgan fingerprint density at radius 1 is 1.61 bits per heavy atom. The Labute approximate surface area is 120 Å². The largest absolute Gasteiger partial charge is 0.329 e. The Bertz CT molecular complexity index is 410. The first kappa shape index (κ1) is 14.3. The van der Waals surface area contributed by atoms with E-state index >= 15 is 0 Å². The summed E-state index contributed by atoms with van der Waals surface area (Å²) in [7, 11) is 2.09. The van der Waals surface area contributed by atoms with Crippen LogP contribution in [0.5, 0.6) is 0 Å². The standard InChI is InChI=1S/C13H18BrFN2S/c1-17(10-4-5-18-8-10)13(7-16)9-2-3-11(14)12(15)6-9/h2-3,6,10,13H,4-5,7-8,16H2,1H3. The van der Waals surface area contributed by atoms with Gasteiger partial charge in [-0.3, -0.25) is 4.90 Å². The van der Waals surface area contributed by atoms with Crippen molar-refractivity contribution >= 4 is 27.7 Å². The predicted molar refractivity (Wildman–Crippen MR) is 79.4 cm³/mol. The molecule has 2 unspecified atom stereocenters. The van der Waals surface area contributed by atoms with Crippen LogP contribution in [-0.4, -0.2) is 36.0 Å². The molecule has 1 saturated heterocycles. The Morgan fingerprint density at radius 3 is 2.94 bits per heavy atom. The fraction of sp³-hybridized carbons (Fsp3) is 0.538. The van der Waals surface area contributed by atoms with Crippen LogP contribution in [0.4, 0.5) is 4.39 Å². The smallest absolute Gasteiger partial charge is 0.137 e. The van der Waals surface area contributed by atoms with Gasteiger partial charge in [-0.1, -0.05) is 6.07 Å². The molecule has 2 nitrogen and oxygen atoms in total. The fourth-order valence-corrected chi connectivity index (χ4v) is 3.88. The molecule has 0 aromatic heterocycles. The number of benzene rings is 1. The van der Waals surface area contributed by atoms with Crippen LogP contribution in [0.15, 0.2) is 22.7 Å². The molecule has 0 radical (unpaired) electrons. The van der Waals surface area contributed by atoms with Gasteiger partial charge in [-0.25, -0.2) is 4.39 Å². The van der Waals surface area contributed by atoms with Crippen molar-refractivity contribution in [3.8, 4) is 0 Å². The zero-order valence-corrected chi connectivity index (χ0v) is 12.8. The molecule has 2 atom stereocenters. The predicted octanol–water partition coefficient (Wildman–Crippen LogP) is 3.03. The maximum atomic E-state index is 13.6. The van der Waals surface area contributed by atoms with Crippen molar-refractivity contribution in [3.63, 3.8) is 0 Å². The van der Waals surface area contributed by atoms with E-state index in [1.54, 1.807) is 12.1 Å². The summed E-state index contributed by atoms with van der Waals surface area (Å²) >= 11 is 5.16. The van der Waals surface area contributed by atoms with Gasteiger partial charge in [0, 0.05) is 24.4 Å². The Hall–Kier alpha value is -0.100. The quantitative estimate of drug-likeness (QED) is 0.918. The summed E-state index contributed by atoms with van der Waals surface area (Å²) in [6.07, 6.45) is 1.19. The third-order valence-corrected chi connectivity index (χ3v) is 5.31. The van der Waals surface area contributed by atoms with Gasteiger partial charge >= 0.3 is 0 Å². The van der Waals surface area contributed by atoms with E-state index in [9.17, 15) is 4.39 Å². The van der Waals surface area contributed by atoms with Crippen molar-refractivity contribution in [2.45, 2.75) is 18.5 Å². The average molecular weight is 333 g/mol. The summed E-state index contributed by atoms with van der Waals surface area (Å²) in [6.45, 7) is 0.513. The second kappa shape index (κ2) is 6.37. The van der Waals surface area contributed by atoms with Gasteiger partial charge in [0.25, 0.3) is 0 Å². The second-order valence-corrected chi connectivity index (χ2v) is 6.61. The lowest BCUT2D eigenvalue weighted by atomic mass is 10.0. The zero-order chi connectivity index (χ0) is 13.1. The summed E-state index contributed by atoms with van der Waals surface area (Å²) in [6, 6.07) is 5.93. The van der Waals surface area contributed by atoms with Crippen molar-refractivity contribution in [1.29, 1.82) is 0 Å². The molecule has 1 heterocycles. The molecule has 18 heavy (non-hydrogen) atoms. The maximum Gasteiger partial charge on any atom is 0.137 e. The van der Waals surface area contributed by atoms with Gasteiger partial charge in [-0.05, 0) is 52.8 Å². The minimum Gasteiger partial charge on any atom is -0.329 e. The van der Waals surface area contributed by atoms with Crippen LogP contribution in [0.25, 0.3) is 0 Å². The highest BCUT2D eigenvalue weighted by Crippen LogP contribution is 2.29. The van der Waals surface area contributed by atoms with Crippen LogP contribution >= 0.6 is 27.7 Å². The number of thioether (sulfide) groups is 1. The Kier molecular flexibility index (Phi) is 5.06. The van der Waals surface area contributed by atoms with Crippen LogP contribution < -0.4 is 5.73 Å². The summed E-state index contributed by atoms with van der Waals surface area (Å²) in [4.78, 5) is 2.29. The number of rotatable bonds is 4. The van der Waals surface area contributed by atoms with Crippen molar-refractivity contribution in [2.75, 3.05) is 25.1 Å². The number of nitrogens with zero attached hydrogens (tertiary/aromatic N) is 1. The minimum absolute atomic E-state index is 0.0938. The molecular weight excluding hydrogens is 315 g/mol.